The topological polar surface area (TPSA) is 81.8 Å². The summed E-state index contributed by atoms with van der Waals surface area (Å²) in [6.45, 7) is 2.22. The zero-order chi connectivity index (χ0) is 21.0. The van der Waals surface area contributed by atoms with Crippen LogP contribution < -0.4 is 15.6 Å². The lowest BCUT2D eigenvalue weighted by atomic mass is 10.1. The summed E-state index contributed by atoms with van der Waals surface area (Å²) in [5.41, 5.74) is 3.58. The number of hydrogen-bond donors (Lipinski definition) is 2. The Kier molecular flexibility index (Phi) is 6.46. The molecule has 0 bridgehead atoms. The highest BCUT2D eigenvalue weighted by atomic mass is 35.5. The van der Waals surface area contributed by atoms with Crippen molar-refractivity contribution in [1.82, 2.24) is 15.8 Å². The summed E-state index contributed by atoms with van der Waals surface area (Å²) >= 11 is 11.4. The molecule has 2 N–H and O–H groups in total. The summed E-state index contributed by atoms with van der Waals surface area (Å²) in [5.74, 6) is -1.15. The van der Waals surface area contributed by atoms with Crippen LogP contribution in [0.4, 0.5) is 5.69 Å². The van der Waals surface area contributed by atoms with Gasteiger partial charge in [0.15, 0.2) is 0 Å². The van der Waals surface area contributed by atoms with Gasteiger partial charge in [0.2, 0.25) is 11.0 Å². The van der Waals surface area contributed by atoms with Gasteiger partial charge in [-0.1, -0.05) is 29.8 Å². The molecule has 2 aromatic carbocycles. The maximum absolute atomic E-state index is 13.1. The molecule has 0 saturated carbocycles. The molecule has 2 aromatic rings. The van der Waals surface area contributed by atoms with E-state index in [1.165, 1.54) is 9.91 Å². The molecule has 9 heteroatoms. The van der Waals surface area contributed by atoms with E-state index in [0.29, 0.717) is 22.8 Å². The first kappa shape index (κ1) is 20.8. The van der Waals surface area contributed by atoms with Crippen LogP contribution in [0.1, 0.15) is 23.7 Å². The Morgan fingerprint density at radius 1 is 1.10 bits per heavy atom. The van der Waals surface area contributed by atoms with Gasteiger partial charge in [-0.25, -0.2) is 5.01 Å². The van der Waals surface area contributed by atoms with Crippen LogP contribution in [0.3, 0.4) is 0 Å². The monoisotopic (exact) mass is 430 g/mol. The van der Waals surface area contributed by atoms with Crippen molar-refractivity contribution < 1.29 is 14.4 Å². The molecule has 1 aliphatic rings. The highest BCUT2D eigenvalue weighted by Gasteiger charge is 2.45. The van der Waals surface area contributed by atoms with Crippen LogP contribution in [0.5, 0.6) is 0 Å². The predicted octanol–water partition coefficient (Wildman–Crippen LogP) is 2.51. The Hall–Kier alpha value is -2.97. The van der Waals surface area contributed by atoms with Crippen molar-refractivity contribution in [3.63, 3.8) is 0 Å². The molecule has 1 saturated heterocycles. The highest BCUT2D eigenvalue weighted by Crippen LogP contribution is 2.27. The molecule has 3 amide bonds. The van der Waals surface area contributed by atoms with Crippen LogP contribution >= 0.6 is 23.8 Å². The van der Waals surface area contributed by atoms with E-state index in [4.69, 9.17) is 23.8 Å². The molecule has 0 radical (unpaired) electrons. The van der Waals surface area contributed by atoms with E-state index in [-0.39, 0.29) is 17.4 Å². The second-order valence-corrected chi connectivity index (χ2v) is 7.08. The zero-order valence-electron chi connectivity index (χ0n) is 15.6. The lowest BCUT2D eigenvalue weighted by molar-refractivity contribution is -0.127. The molecule has 1 heterocycles. The van der Waals surface area contributed by atoms with Crippen molar-refractivity contribution in [3.8, 4) is 0 Å². The molecule has 29 heavy (non-hydrogen) atoms. The van der Waals surface area contributed by atoms with E-state index in [1.54, 1.807) is 61.5 Å². The third-order valence-electron chi connectivity index (χ3n) is 4.31. The number of rotatable bonds is 6. The van der Waals surface area contributed by atoms with Gasteiger partial charge >= 0.3 is 0 Å². The van der Waals surface area contributed by atoms with Gasteiger partial charge in [-0.15, -0.1) is 0 Å². The first-order valence-electron chi connectivity index (χ1n) is 8.97. The van der Waals surface area contributed by atoms with E-state index in [1.807, 2.05) is 0 Å². The van der Waals surface area contributed by atoms with Gasteiger partial charge in [-0.05, 0) is 55.5 Å². The SMILES string of the molecule is CCNC(=O)CC1C(=O)N(c2ccc(Cl)cc2)C(=S)N1NC(=O)c1ccccc1. The van der Waals surface area contributed by atoms with Crippen LogP contribution in [0, 0.1) is 0 Å². The minimum absolute atomic E-state index is 0.0795. The lowest BCUT2D eigenvalue weighted by Crippen LogP contribution is -2.50. The number of anilines is 1. The fraction of sp³-hybridized carbons (Fsp3) is 0.200. The minimum Gasteiger partial charge on any atom is -0.356 e. The van der Waals surface area contributed by atoms with Gasteiger partial charge < -0.3 is 5.32 Å². The minimum atomic E-state index is -0.961. The summed E-state index contributed by atoms with van der Waals surface area (Å²) in [6.07, 6.45) is -0.147. The summed E-state index contributed by atoms with van der Waals surface area (Å²) in [5, 5.41) is 4.53. The Bertz CT molecular complexity index is 937. The van der Waals surface area contributed by atoms with E-state index in [0.717, 1.165) is 0 Å². The smallest absolute Gasteiger partial charge is 0.269 e. The molecule has 1 atom stereocenters. The van der Waals surface area contributed by atoms with E-state index >= 15 is 0 Å². The fourth-order valence-electron chi connectivity index (χ4n) is 2.94. The Morgan fingerprint density at radius 2 is 1.76 bits per heavy atom. The van der Waals surface area contributed by atoms with E-state index in [9.17, 15) is 14.4 Å². The number of nitrogens with zero attached hydrogens (tertiary/aromatic N) is 2. The van der Waals surface area contributed by atoms with Crippen molar-refractivity contribution in [3.05, 3.63) is 65.2 Å². The number of nitrogens with one attached hydrogen (secondary N) is 2. The normalized spacial score (nSPS) is 16.1. The number of amides is 3. The number of carbonyl (C=O) groups is 3. The molecule has 7 nitrogen and oxygen atoms in total. The van der Waals surface area contributed by atoms with Gasteiger partial charge in [0.25, 0.3) is 11.8 Å². The number of hydrogen-bond acceptors (Lipinski definition) is 4. The molecule has 1 fully saturated rings. The third-order valence-corrected chi connectivity index (χ3v) is 4.94. The Morgan fingerprint density at radius 3 is 2.38 bits per heavy atom. The van der Waals surface area contributed by atoms with E-state index < -0.39 is 17.9 Å². The molecular formula is C20H19ClN4O3S. The van der Waals surface area contributed by atoms with Crippen molar-refractivity contribution in [2.75, 3.05) is 11.4 Å². The molecule has 0 aliphatic carbocycles. The number of halogens is 1. The first-order valence-corrected chi connectivity index (χ1v) is 9.76. The Balaban J connectivity index is 1.90. The first-order chi connectivity index (χ1) is 13.9. The number of hydrazine groups is 1. The summed E-state index contributed by atoms with van der Waals surface area (Å²) in [4.78, 5) is 39.2. The van der Waals surface area contributed by atoms with Gasteiger partial charge in [0.1, 0.15) is 6.04 Å². The number of benzene rings is 2. The van der Waals surface area contributed by atoms with Gasteiger partial charge in [0.05, 0.1) is 12.1 Å². The lowest BCUT2D eigenvalue weighted by Gasteiger charge is -2.24. The van der Waals surface area contributed by atoms with Crippen LogP contribution in [-0.4, -0.2) is 40.4 Å². The molecule has 0 aromatic heterocycles. The maximum atomic E-state index is 13.1. The quantitative estimate of drug-likeness (QED) is 0.688. The van der Waals surface area contributed by atoms with Crippen LogP contribution in [0.15, 0.2) is 54.6 Å². The molecule has 1 unspecified atom stereocenters. The summed E-state index contributed by atoms with van der Waals surface area (Å²) < 4.78 is 0. The highest BCUT2D eigenvalue weighted by molar-refractivity contribution is 7.80. The average molecular weight is 431 g/mol. The Labute approximate surface area is 178 Å². The summed E-state index contributed by atoms with van der Waals surface area (Å²) in [7, 11) is 0. The maximum Gasteiger partial charge on any atom is 0.269 e. The van der Waals surface area contributed by atoms with Crippen LogP contribution in [-0.2, 0) is 9.59 Å². The largest absolute Gasteiger partial charge is 0.356 e. The van der Waals surface area contributed by atoms with Gasteiger partial charge in [-0.2, -0.15) is 0 Å². The van der Waals surface area contributed by atoms with Crippen molar-refractivity contribution in [1.29, 1.82) is 0 Å². The molecule has 3 rings (SSSR count). The molecule has 0 spiro atoms. The third kappa shape index (κ3) is 4.55. The number of thiocarbonyl (C=S) groups is 1. The van der Waals surface area contributed by atoms with E-state index in [2.05, 4.69) is 10.7 Å². The fourth-order valence-corrected chi connectivity index (χ4v) is 3.43. The molecular weight excluding hydrogens is 412 g/mol. The second kappa shape index (κ2) is 9.02. The standard InChI is InChI=1S/C20H19ClN4O3S/c1-2-22-17(26)12-16-19(28)24(15-10-8-14(21)9-11-15)20(29)25(16)23-18(27)13-6-4-3-5-7-13/h3-11,16H,2,12H2,1H3,(H,22,26)(H,23,27). The number of carbonyl (C=O) groups excluding carboxylic acids is 3. The molecule has 150 valence electrons. The van der Waals surface area contributed by atoms with Crippen LogP contribution in [0.25, 0.3) is 0 Å². The average Bonchev–Trinajstić information content (AvgIpc) is 2.93. The van der Waals surface area contributed by atoms with Crippen molar-refractivity contribution in [2.24, 2.45) is 0 Å². The van der Waals surface area contributed by atoms with Crippen molar-refractivity contribution >= 4 is 52.3 Å². The summed E-state index contributed by atoms with van der Waals surface area (Å²) in [6, 6.07) is 14.2. The molecule has 1 aliphatic heterocycles. The van der Waals surface area contributed by atoms with Crippen LogP contribution in [0.2, 0.25) is 5.02 Å². The predicted molar refractivity (Wildman–Crippen MR) is 114 cm³/mol. The van der Waals surface area contributed by atoms with Crippen molar-refractivity contribution in [2.45, 2.75) is 19.4 Å². The zero-order valence-corrected chi connectivity index (χ0v) is 17.2. The van der Waals surface area contributed by atoms with Gasteiger partial charge in [0, 0.05) is 17.1 Å². The van der Waals surface area contributed by atoms with Gasteiger partial charge in [-0.3, -0.25) is 24.7 Å². The second-order valence-electron chi connectivity index (χ2n) is 6.28.